The summed E-state index contributed by atoms with van der Waals surface area (Å²) in [4.78, 5) is 3.62. The Morgan fingerprint density at radius 2 is 1.91 bits per heavy atom. The van der Waals surface area contributed by atoms with Crippen molar-refractivity contribution in [2.75, 3.05) is 0 Å². The first-order chi connectivity index (χ1) is 10.9. The standard InChI is InChI=1S/C19H21N3/c1-2-4-12(5-3-1)13-7-9-17-16(10-13)15-8-6-14-11-20-22-18(14)19(15)21-17/h7,9-12,21H,1-6,8H2,(H,20,22). The lowest BCUT2D eigenvalue weighted by Gasteiger charge is -2.22. The number of rotatable bonds is 1. The minimum Gasteiger partial charge on any atom is -0.353 e. The average molecular weight is 291 g/mol. The highest BCUT2D eigenvalue weighted by molar-refractivity contribution is 5.92. The summed E-state index contributed by atoms with van der Waals surface area (Å²) in [7, 11) is 0. The van der Waals surface area contributed by atoms with Gasteiger partial charge < -0.3 is 4.98 Å². The number of aryl methyl sites for hydroxylation is 2. The summed E-state index contributed by atoms with van der Waals surface area (Å²) >= 11 is 0. The van der Waals surface area contributed by atoms with Crippen LogP contribution in [0.25, 0.3) is 22.3 Å². The van der Waals surface area contributed by atoms with Crippen LogP contribution < -0.4 is 0 Å². The van der Waals surface area contributed by atoms with Crippen LogP contribution in [0.2, 0.25) is 0 Å². The van der Waals surface area contributed by atoms with Crippen LogP contribution in [-0.2, 0) is 12.8 Å². The molecule has 0 spiro atoms. The molecule has 2 aliphatic carbocycles. The van der Waals surface area contributed by atoms with Gasteiger partial charge in [-0.1, -0.05) is 25.3 Å². The number of H-pyrrole nitrogens is 2. The van der Waals surface area contributed by atoms with Crippen molar-refractivity contribution in [3.05, 3.63) is 41.1 Å². The molecule has 0 amide bonds. The van der Waals surface area contributed by atoms with E-state index in [1.165, 1.54) is 65.5 Å². The van der Waals surface area contributed by atoms with Crippen LogP contribution in [0, 0.1) is 0 Å². The van der Waals surface area contributed by atoms with Gasteiger partial charge >= 0.3 is 0 Å². The lowest BCUT2D eigenvalue weighted by Crippen LogP contribution is -2.04. The minimum absolute atomic E-state index is 0.773. The number of hydrogen-bond donors (Lipinski definition) is 2. The Hall–Kier alpha value is -2.03. The lowest BCUT2D eigenvalue weighted by atomic mass is 9.83. The van der Waals surface area contributed by atoms with Crippen molar-refractivity contribution in [2.45, 2.75) is 50.9 Å². The molecular formula is C19H21N3. The zero-order valence-electron chi connectivity index (χ0n) is 12.8. The molecule has 1 aromatic carbocycles. The summed E-state index contributed by atoms with van der Waals surface area (Å²) in [5, 5.41) is 8.82. The zero-order chi connectivity index (χ0) is 14.5. The Balaban J connectivity index is 1.65. The number of nitrogens with one attached hydrogen (secondary N) is 2. The Bertz CT molecular complexity index is 834. The highest BCUT2D eigenvalue weighted by atomic mass is 15.1. The van der Waals surface area contributed by atoms with Gasteiger partial charge in [-0.15, -0.1) is 0 Å². The first kappa shape index (κ1) is 12.5. The number of nitrogens with zero attached hydrogens (tertiary/aromatic N) is 1. The fourth-order valence-corrected chi connectivity index (χ4v) is 4.41. The molecule has 0 radical (unpaired) electrons. The van der Waals surface area contributed by atoms with Crippen molar-refractivity contribution < 1.29 is 0 Å². The van der Waals surface area contributed by atoms with Gasteiger partial charge in [0, 0.05) is 10.9 Å². The van der Waals surface area contributed by atoms with E-state index in [9.17, 15) is 0 Å². The van der Waals surface area contributed by atoms with Gasteiger partial charge in [0.2, 0.25) is 0 Å². The molecule has 1 fully saturated rings. The molecular weight excluding hydrogens is 270 g/mol. The monoisotopic (exact) mass is 291 g/mol. The third kappa shape index (κ3) is 1.78. The van der Waals surface area contributed by atoms with Crippen LogP contribution in [0.5, 0.6) is 0 Å². The van der Waals surface area contributed by atoms with E-state index in [0.717, 1.165) is 18.8 Å². The van der Waals surface area contributed by atoms with Crippen LogP contribution in [0.15, 0.2) is 24.4 Å². The lowest BCUT2D eigenvalue weighted by molar-refractivity contribution is 0.444. The normalized spacial score (nSPS) is 18.4. The Morgan fingerprint density at radius 1 is 1.00 bits per heavy atom. The summed E-state index contributed by atoms with van der Waals surface area (Å²) in [6.07, 6.45) is 11.1. The molecule has 3 nitrogen and oxygen atoms in total. The van der Waals surface area contributed by atoms with Gasteiger partial charge in [0.15, 0.2) is 0 Å². The highest BCUT2D eigenvalue weighted by Crippen LogP contribution is 2.39. The average Bonchev–Trinajstić information content (AvgIpc) is 3.19. The summed E-state index contributed by atoms with van der Waals surface area (Å²) in [5.41, 5.74) is 8.08. The molecule has 0 saturated heterocycles. The van der Waals surface area contributed by atoms with E-state index < -0.39 is 0 Å². The summed E-state index contributed by atoms with van der Waals surface area (Å²) in [6, 6.07) is 7.09. The van der Waals surface area contributed by atoms with Gasteiger partial charge in [-0.05, 0) is 60.4 Å². The van der Waals surface area contributed by atoms with Gasteiger partial charge in [-0.3, -0.25) is 5.10 Å². The van der Waals surface area contributed by atoms with E-state index in [4.69, 9.17) is 0 Å². The maximum Gasteiger partial charge on any atom is 0.0847 e. The van der Waals surface area contributed by atoms with Crippen LogP contribution >= 0.6 is 0 Å². The first-order valence-corrected chi connectivity index (χ1v) is 8.57. The van der Waals surface area contributed by atoms with Crippen LogP contribution in [0.3, 0.4) is 0 Å². The Kier molecular flexibility index (Phi) is 2.69. The maximum atomic E-state index is 4.22. The second kappa shape index (κ2) is 4.73. The molecule has 0 aliphatic heterocycles. The zero-order valence-corrected chi connectivity index (χ0v) is 12.8. The first-order valence-electron chi connectivity index (χ1n) is 8.57. The largest absolute Gasteiger partial charge is 0.353 e. The minimum atomic E-state index is 0.773. The van der Waals surface area contributed by atoms with Crippen molar-refractivity contribution in [2.24, 2.45) is 0 Å². The molecule has 3 aromatic rings. The molecule has 2 N–H and O–H groups in total. The van der Waals surface area contributed by atoms with E-state index in [0.29, 0.717) is 0 Å². The Morgan fingerprint density at radius 3 is 2.82 bits per heavy atom. The molecule has 2 aliphatic rings. The maximum absolute atomic E-state index is 4.22. The molecule has 22 heavy (non-hydrogen) atoms. The van der Waals surface area contributed by atoms with E-state index >= 15 is 0 Å². The van der Waals surface area contributed by atoms with Crippen LogP contribution in [0.1, 0.15) is 54.7 Å². The van der Waals surface area contributed by atoms with Crippen molar-refractivity contribution in [3.8, 4) is 11.4 Å². The topological polar surface area (TPSA) is 44.5 Å². The Labute approximate surface area is 130 Å². The van der Waals surface area contributed by atoms with Gasteiger partial charge in [0.1, 0.15) is 0 Å². The third-order valence-electron chi connectivity index (χ3n) is 5.62. The van der Waals surface area contributed by atoms with Gasteiger partial charge in [-0.25, -0.2) is 0 Å². The van der Waals surface area contributed by atoms with Crippen molar-refractivity contribution in [3.63, 3.8) is 0 Å². The molecule has 112 valence electrons. The quantitative estimate of drug-likeness (QED) is 0.670. The van der Waals surface area contributed by atoms with Gasteiger partial charge in [0.25, 0.3) is 0 Å². The van der Waals surface area contributed by atoms with Gasteiger partial charge in [-0.2, -0.15) is 5.10 Å². The second-order valence-electron chi connectivity index (χ2n) is 6.89. The number of hydrogen-bond acceptors (Lipinski definition) is 1. The molecule has 0 bridgehead atoms. The van der Waals surface area contributed by atoms with E-state index in [1.807, 2.05) is 6.20 Å². The molecule has 3 heteroatoms. The van der Waals surface area contributed by atoms with Crippen LogP contribution in [-0.4, -0.2) is 15.2 Å². The molecule has 0 unspecified atom stereocenters. The van der Waals surface area contributed by atoms with Crippen molar-refractivity contribution >= 4 is 10.9 Å². The fraction of sp³-hybridized carbons (Fsp3) is 0.421. The highest BCUT2D eigenvalue weighted by Gasteiger charge is 2.23. The molecule has 0 atom stereocenters. The molecule has 1 saturated carbocycles. The SMILES string of the molecule is c1cc2[nH]c3c(c2cc1C1CCCCC1)CCc1cn[nH]c1-3. The predicted octanol–water partition coefficient (Wildman–Crippen LogP) is 4.70. The van der Waals surface area contributed by atoms with E-state index in [1.54, 1.807) is 5.56 Å². The van der Waals surface area contributed by atoms with E-state index in [-0.39, 0.29) is 0 Å². The molecule has 2 heterocycles. The van der Waals surface area contributed by atoms with Crippen molar-refractivity contribution in [1.29, 1.82) is 0 Å². The van der Waals surface area contributed by atoms with Gasteiger partial charge in [0.05, 0.1) is 17.6 Å². The summed E-state index contributed by atoms with van der Waals surface area (Å²) in [6.45, 7) is 0. The number of aromatic amines is 2. The summed E-state index contributed by atoms with van der Waals surface area (Å²) in [5.74, 6) is 0.773. The fourth-order valence-electron chi connectivity index (χ4n) is 4.41. The third-order valence-corrected chi connectivity index (χ3v) is 5.62. The second-order valence-corrected chi connectivity index (χ2v) is 6.89. The molecule has 2 aromatic heterocycles. The smallest absolute Gasteiger partial charge is 0.0847 e. The number of benzene rings is 1. The predicted molar refractivity (Wildman–Crippen MR) is 89.1 cm³/mol. The van der Waals surface area contributed by atoms with Crippen molar-refractivity contribution in [1.82, 2.24) is 15.2 Å². The summed E-state index contributed by atoms with van der Waals surface area (Å²) < 4.78 is 0. The van der Waals surface area contributed by atoms with E-state index in [2.05, 4.69) is 33.4 Å². The van der Waals surface area contributed by atoms with Crippen LogP contribution in [0.4, 0.5) is 0 Å². The number of fused-ring (bicyclic) bond motifs is 5. The molecule has 5 rings (SSSR count). The number of aromatic nitrogens is 3.